The average Bonchev–Trinajstić information content (AvgIpc) is 3.08. The van der Waals surface area contributed by atoms with Crippen molar-refractivity contribution in [1.29, 1.82) is 0 Å². The summed E-state index contributed by atoms with van der Waals surface area (Å²) in [5, 5.41) is 9.22. The van der Waals surface area contributed by atoms with Gasteiger partial charge in [0.2, 0.25) is 10.0 Å². The first-order valence-electron chi connectivity index (χ1n) is 5.68. The summed E-state index contributed by atoms with van der Waals surface area (Å²) in [6.07, 6.45) is 2.22. The zero-order valence-electron chi connectivity index (χ0n) is 10.6. The van der Waals surface area contributed by atoms with Gasteiger partial charge in [0.05, 0.1) is 24.5 Å². The summed E-state index contributed by atoms with van der Waals surface area (Å²) < 4.78 is 29.9. The number of nitrogens with one attached hydrogen (secondary N) is 1. The lowest BCUT2D eigenvalue weighted by Crippen LogP contribution is -2.19. The van der Waals surface area contributed by atoms with Crippen molar-refractivity contribution < 1.29 is 23.1 Å². The summed E-state index contributed by atoms with van der Waals surface area (Å²) in [5.41, 5.74) is 0.0996. The Balaban J connectivity index is 2.40. The van der Waals surface area contributed by atoms with E-state index < -0.39 is 21.4 Å². The number of aliphatic carboxylic acids is 1. The molecule has 1 aliphatic rings. The summed E-state index contributed by atoms with van der Waals surface area (Å²) >= 11 is 0. The van der Waals surface area contributed by atoms with Gasteiger partial charge in [0.15, 0.2) is 0 Å². The Morgan fingerprint density at radius 2 is 2.05 bits per heavy atom. The summed E-state index contributed by atoms with van der Waals surface area (Å²) in [7, 11) is -2.00. The van der Waals surface area contributed by atoms with E-state index in [1.54, 1.807) is 12.1 Å². The van der Waals surface area contributed by atoms with Crippen LogP contribution < -0.4 is 9.46 Å². The van der Waals surface area contributed by atoms with Gasteiger partial charge in [-0.1, -0.05) is 6.07 Å². The predicted molar refractivity (Wildman–Crippen MR) is 70.0 cm³/mol. The van der Waals surface area contributed by atoms with E-state index in [9.17, 15) is 18.3 Å². The van der Waals surface area contributed by atoms with Gasteiger partial charge in [-0.2, -0.15) is 0 Å². The maximum atomic E-state index is 11.2. The van der Waals surface area contributed by atoms with E-state index >= 15 is 0 Å². The Hall–Kier alpha value is -1.76. The fourth-order valence-electron chi connectivity index (χ4n) is 2.02. The molecule has 19 heavy (non-hydrogen) atoms. The van der Waals surface area contributed by atoms with Crippen LogP contribution >= 0.6 is 0 Å². The SMILES string of the molecule is COc1cc(C2(C(=O)O)CC2)ccc1NS(C)(=O)=O. The number of methoxy groups -OCH3 is 1. The molecule has 0 saturated heterocycles. The second kappa shape index (κ2) is 4.41. The van der Waals surface area contributed by atoms with Crippen molar-refractivity contribution in [2.75, 3.05) is 18.1 Å². The lowest BCUT2D eigenvalue weighted by Gasteiger charge is -2.15. The van der Waals surface area contributed by atoms with Gasteiger partial charge in [0.25, 0.3) is 0 Å². The summed E-state index contributed by atoms with van der Waals surface area (Å²) in [6, 6.07) is 4.73. The van der Waals surface area contributed by atoms with Crippen molar-refractivity contribution >= 4 is 21.7 Å². The fourth-order valence-corrected chi connectivity index (χ4v) is 2.59. The molecule has 1 saturated carbocycles. The van der Waals surface area contributed by atoms with Gasteiger partial charge < -0.3 is 9.84 Å². The Morgan fingerprint density at radius 1 is 1.42 bits per heavy atom. The van der Waals surface area contributed by atoms with Crippen LogP contribution in [0.3, 0.4) is 0 Å². The number of hydrogen-bond acceptors (Lipinski definition) is 4. The number of sulfonamides is 1. The van der Waals surface area contributed by atoms with E-state index in [1.807, 2.05) is 0 Å². The Bertz CT molecular complexity index is 619. The van der Waals surface area contributed by atoms with Crippen molar-refractivity contribution in [3.05, 3.63) is 23.8 Å². The summed E-state index contributed by atoms with van der Waals surface area (Å²) in [5.74, 6) is -0.547. The van der Waals surface area contributed by atoms with Crippen LogP contribution in [0.15, 0.2) is 18.2 Å². The molecule has 0 heterocycles. The highest BCUT2D eigenvalue weighted by atomic mass is 32.2. The molecule has 104 valence electrons. The Labute approximate surface area is 111 Å². The molecule has 2 N–H and O–H groups in total. The number of carbonyl (C=O) groups is 1. The molecule has 7 heteroatoms. The number of benzene rings is 1. The van der Waals surface area contributed by atoms with E-state index in [4.69, 9.17) is 4.74 Å². The third kappa shape index (κ3) is 2.65. The zero-order chi connectivity index (χ0) is 14.3. The highest BCUT2D eigenvalue weighted by Gasteiger charge is 2.51. The second-order valence-corrected chi connectivity index (χ2v) is 6.43. The highest BCUT2D eigenvalue weighted by molar-refractivity contribution is 7.92. The number of rotatable bonds is 5. The molecule has 0 radical (unpaired) electrons. The maximum Gasteiger partial charge on any atom is 0.314 e. The lowest BCUT2D eigenvalue weighted by molar-refractivity contribution is -0.140. The smallest absolute Gasteiger partial charge is 0.314 e. The summed E-state index contributed by atoms with van der Waals surface area (Å²) in [6.45, 7) is 0. The van der Waals surface area contributed by atoms with E-state index in [1.165, 1.54) is 13.2 Å². The van der Waals surface area contributed by atoms with Gasteiger partial charge in [-0.05, 0) is 30.5 Å². The monoisotopic (exact) mass is 285 g/mol. The molecular weight excluding hydrogens is 270 g/mol. The molecule has 1 aromatic carbocycles. The molecule has 1 aliphatic carbocycles. The van der Waals surface area contributed by atoms with Gasteiger partial charge in [-0.3, -0.25) is 9.52 Å². The third-order valence-electron chi connectivity index (χ3n) is 3.21. The Kier molecular flexibility index (Phi) is 3.17. The zero-order valence-corrected chi connectivity index (χ0v) is 11.5. The minimum atomic E-state index is -3.41. The largest absolute Gasteiger partial charge is 0.495 e. The van der Waals surface area contributed by atoms with E-state index in [0.717, 1.165) is 6.26 Å². The average molecular weight is 285 g/mol. The molecular formula is C12H15NO5S. The van der Waals surface area contributed by atoms with E-state index in [0.29, 0.717) is 29.8 Å². The van der Waals surface area contributed by atoms with Crippen LogP contribution in [0.1, 0.15) is 18.4 Å². The van der Waals surface area contributed by atoms with Crippen molar-refractivity contribution in [2.45, 2.75) is 18.3 Å². The number of anilines is 1. The van der Waals surface area contributed by atoms with Gasteiger partial charge >= 0.3 is 5.97 Å². The molecule has 1 fully saturated rings. The predicted octanol–water partition coefficient (Wildman–Crippen LogP) is 1.18. The van der Waals surface area contributed by atoms with Crippen LogP contribution in [-0.4, -0.2) is 32.9 Å². The van der Waals surface area contributed by atoms with Crippen molar-refractivity contribution in [3.63, 3.8) is 0 Å². The minimum Gasteiger partial charge on any atom is -0.495 e. The van der Waals surface area contributed by atoms with Gasteiger partial charge in [0.1, 0.15) is 5.75 Å². The first kappa shape index (κ1) is 13.7. The van der Waals surface area contributed by atoms with E-state index in [2.05, 4.69) is 4.72 Å². The van der Waals surface area contributed by atoms with Crippen LogP contribution in [0.2, 0.25) is 0 Å². The highest BCUT2D eigenvalue weighted by Crippen LogP contribution is 2.49. The van der Waals surface area contributed by atoms with Crippen LogP contribution in [-0.2, 0) is 20.2 Å². The molecule has 0 aromatic heterocycles. The first-order chi connectivity index (χ1) is 8.78. The Morgan fingerprint density at radius 3 is 2.47 bits per heavy atom. The van der Waals surface area contributed by atoms with E-state index in [-0.39, 0.29) is 0 Å². The van der Waals surface area contributed by atoms with Crippen molar-refractivity contribution in [1.82, 2.24) is 0 Å². The molecule has 0 aliphatic heterocycles. The number of carboxylic acid groups (broad SMARTS) is 1. The quantitative estimate of drug-likeness (QED) is 0.847. The molecule has 0 amide bonds. The molecule has 2 rings (SSSR count). The molecule has 0 unspecified atom stereocenters. The van der Waals surface area contributed by atoms with Crippen LogP contribution in [0.4, 0.5) is 5.69 Å². The van der Waals surface area contributed by atoms with Gasteiger partial charge in [0, 0.05) is 0 Å². The number of carboxylic acids is 1. The van der Waals surface area contributed by atoms with Crippen molar-refractivity contribution in [3.8, 4) is 5.75 Å². The van der Waals surface area contributed by atoms with Crippen LogP contribution in [0.25, 0.3) is 0 Å². The van der Waals surface area contributed by atoms with Crippen molar-refractivity contribution in [2.24, 2.45) is 0 Å². The molecule has 0 spiro atoms. The second-order valence-electron chi connectivity index (χ2n) is 4.68. The number of hydrogen-bond donors (Lipinski definition) is 2. The van der Waals surface area contributed by atoms with Gasteiger partial charge in [-0.25, -0.2) is 8.42 Å². The normalized spacial score (nSPS) is 16.7. The molecule has 0 bridgehead atoms. The van der Waals surface area contributed by atoms with Gasteiger partial charge in [-0.15, -0.1) is 0 Å². The lowest BCUT2D eigenvalue weighted by atomic mass is 9.96. The van der Waals surface area contributed by atoms with Crippen LogP contribution in [0.5, 0.6) is 5.75 Å². The molecule has 1 aromatic rings. The minimum absolute atomic E-state index is 0.301. The fraction of sp³-hybridized carbons (Fsp3) is 0.417. The van der Waals surface area contributed by atoms with Crippen LogP contribution in [0, 0.1) is 0 Å². The number of ether oxygens (including phenoxy) is 1. The third-order valence-corrected chi connectivity index (χ3v) is 3.80. The molecule has 6 nitrogen and oxygen atoms in total. The molecule has 0 atom stereocenters. The first-order valence-corrected chi connectivity index (χ1v) is 7.57. The maximum absolute atomic E-state index is 11.2. The standard InChI is InChI=1S/C12H15NO5S/c1-18-10-7-8(12(5-6-12)11(14)15)3-4-9(10)13-19(2,16)17/h3-4,7,13H,5-6H2,1-2H3,(H,14,15). The topological polar surface area (TPSA) is 92.7 Å². The summed E-state index contributed by atoms with van der Waals surface area (Å²) in [4.78, 5) is 11.2.